The summed E-state index contributed by atoms with van der Waals surface area (Å²) >= 11 is 0. The molecule has 0 atom stereocenters. The Labute approximate surface area is 198 Å². The zero-order valence-corrected chi connectivity index (χ0v) is 19.5. The van der Waals surface area contributed by atoms with Gasteiger partial charge in [0.05, 0.1) is 35.2 Å². The molecule has 0 radical (unpaired) electrons. The molecule has 2 aromatic carbocycles. The average Bonchev–Trinajstić information content (AvgIpc) is 3.44. The smallest absolute Gasteiger partial charge is 0.256 e. The first-order valence-corrected chi connectivity index (χ1v) is 11.3. The van der Waals surface area contributed by atoms with Crippen molar-refractivity contribution >= 4 is 22.5 Å². The number of carbonyl (C=O) groups is 1. The topological polar surface area (TPSA) is 77.6 Å². The van der Waals surface area contributed by atoms with Gasteiger partial charge in [-0.05, 0) is 56.7 Å². The van der Waals surface area contributed by atoms with E-state index < -0.39 is 0 Å². The van der Waals surface area contributed by atoms with E-state index in [1.165, 1.54) is 0 Å². The van der Waals surface area contributed by atoms with Crippen LogP contribution in [0.1, 0.15) is 34.2 Å². The van der Waals surface area contributed by atoms with E-state index in [4.69, 9.17) is 4.98 Å². The Morgan fingerprint density at radius 3 is 2.65 bits per heavy atom. The number of hydrogen-bond acceptors (Lipinski definition) is 4. The number of nitrogens with zero attached hydrogens (tertiary/aromatic N) is 5. The average molecular weight is 451 g/mol. The molecule has 0 fully saturated rings. The fourth-order valence-electron chi connectivity index (χ4n) is 4.13. The second-order valence-electron chi connectivity index (χ2n) is 8.40. The summed E-state index contributed by atoms with van der Waals surface area (Å²) in [6.45, 7) is 7.48. The molecule has 3 aromatic heterocycles. The number of fused-ring (bicyclic) bond motifs is 1. The lowest BCUT2D eigenvalue weighted by molar-refractivity contribution is 0.102. The highest BCUT2D eigenvalue weighted by molar-refractivity contribution is 6.13. The molecule has 1 amide bonds. The number of para-hydroxylation sites is 1. The van der Waals surface area contributed by atoms with Crippen LogP contribution in [0.25, 0.3) is 22.2 Å². The molecule has 0 aliphatic carbocycles. The fraction of sp³-hybridized carbons (Fsp3) is 0.185. The minimum absolute atomic E-state index is 0.175. The number of carbonyl (C=O) groups excluding carboxylic acids is 1. The third kappa shape index (κ3) is 4.32. The number of hydrogen-bond donors (Lipinski definition) is 1. The van der Waals surface area contributed by atoms with Gasteiger partial charge in [0, 0.05) is 35.1 Å². The predicted molar refractivity (Wildman–Crippen MR) is 134 cm³/mol. The second-order valence-corrected chi connectivity index (χ2v) is 8.40. The minimum Gasteiger partial charge on any atom is -0.322 e. The summed E-state index contributed by atoms with van der Waals surface area (Å²) in [5, 5.41) is 12.8. The number of amides is 1. The first-order chi connectivity index (χ1) is 16.5. The minimum atomic E-state index is -0.175. The van der Waals surface area contributed by atoms with Crippen LogP contribution in [0, 0.1) is 13.8 Å². The summed E-state index contributed by atoms with van der Waals surface area (Å²) in [6, 6.07) is 19.5. The normalized spacial score (nSPS) is 11.1. The second kappa shape index (κ2) is 8.94. The Morgan fingerprint density at radius 2 is 1.88 bits per heavy atom. The lowest BCUT2D eigenvalue weighted by atomic mass is 10.0. The van der Waals surface area contributed by atoms with Gasteiger partial charge in [0.1, 0.15) is 0 Å². The Morgan fingerprint density at radius 1 is 1.03 bits per heavy atom. The first kappa shape index (κ1) is 21.6. The molecule has 1 N–H and O–H groups in total. The number of anilines is 1. The van der Waals surface area contributed by atoms with E-state index in [9.17, 15) is 4.79 Å². The summed E-state index contributed by atoms with van der Waals surface area (Å²) in [7, 11) is 0. The van der Waals surface area contributed by atoms with E-state index in [-0.39, 0.29) is 5.91 Å². The van der Waals surface area contributed by atoms with E-state index in [1.807, 2.05) is 90.9 Å². The molecule has 0 unspecified atom stereocenters. The maximum absolute atomic E-state index is 13.4. The van der Waals surface area contributed by atoms with Crippen LogP contribution in [-0.4, -0.2) is 30.5 Å². The monoisotopic (exact) mass is 450 g/mol. The third-order valence-corrected chi connectivity index (χ3v) is 5.83. The molecule has 7 nitrogen and oxygen atoms in total. The number of aromatic nitrogens is 5. The lowest BCUT2D eigenvalue weighted by Gasteiger charge is -2.11. The van der Waals surface area contributed by atoms with Crippen molar-refractivity contribution < 1.29 is 4.79 Å². The standard InChI is InChI=1S/C27H26N6O/c1-4-32-17-21(15-28-32)26-14-24(23-10-5-6-11-25(23)30-26)27(34)29-22-9-7-8-20(13-22)16-33-19(3)12-18(2)31-33/h5-15,17H,4,16H2,1-3H3,(H,29,34). The van der Waals surface area contributed by atoms with Crippen molar-refractivity contribution in [3.05, 3.63) is 95.6 Å². The van der Waals surface area contributed by atoms with Crippen LogP contribution in [0.2, 0.25) is 0 Å². The van der Waals surface area contributed by atoms with E-state index >= 15 is 0 Å². The van der Waals surface area contributed by atoms with Crippen LogP contribution in [0.4, 0.5) is 5.69 Å². The van der Waals surface area contributed by atoms with Crippen molar-refractivity contribution in [3.8, 4) is 11.3 Å². The summed E-state index contributed by atoms with van der Waals surface area (Å²) in [5.41, 5.74) is 6.86. The van der Waals surface area contributed by atoms with Crippen molar-refractivity contribution in [2.24, 2.45) is 0 Å². The van der Waals surface area contributed by atoms with Gasteiger partial charge in [-0.3, -0.25) is 14.2 Å². The van der Waals surface area contributed by atoms with Gasteiger partial charge in [0.15, 0.2) is 0 Å². The summed E-state index contributed by atoms with van der Waals surface area (Å²) < 4.78 is 3.82. The molecular formula is C27H26N6O. The SMILES string of the molecule is CCn1cc(-c2cc(C(=O)Nc3cccc(Cn4nc(C)cc4C)c3)c3ccccc3n2)cn1. The van der Waals surface area contributed by atoms with Gasteiger partial charge in [0.25, 0.3) is 5.91 Å². The molecule has 34 heavy (non-hydrogen) atoms. The Bertz CT molecular complexity index is 1500. The molecular weight excluding hydrogens is 424 g/mol. The first-order valence-electron chi connectivity index (χ1n) is 11.3. The van der Waals surface area contributed by atoms with Crippen molar-refractivity contribution in [2.45, 2.75) is 33.9 Å². The maximum atomic E-state index is 13.4. The number of rotatable bonds is 6. The molecule has 170 valence electrons. The largest absolute Gasteiger partial charge is 0.322 e. The molecule has 5 rings (SSSR count). The van der Waals surface area contributed by atoms with Crippen molar-refractivity contribution in [1.29, 1.82) is 0 Å². The molecule has 0 saturated carbocycles. The Kier molecular flexibility index (Phi) is 5.67. The highest BCUT2D eigenvalue weighted by Crippen LogP contribution is 2.26. The van der Waals surface area contributed by atoms with Crippen molar-refractivity contribution in [3.63, 3.8) is 0 Å². The van der Waals surface area contributed by atoms with Gasteiger partial charge in [-0.25, -0.2) is 4.98 Å². The van der Waals surface area contributed by atoms with Crippen LogP contribution in [-0.2, 0) is 13.1 Å². The summed E-state index contributed by atoms with van der Waals surface area (Å²) in [5.74, 6) is -0.175. The number of benzene rings is 2. The summed E-state index contributed by atoms with van der Waals surface area (Å²) in [6.07, 6.45) is 3.73. The van der Waals surface area contributed by atoms with E-state index in [0.717, 1.165) is 51.3 Å². The summed E-state index contributed by atoms with van der Waals surface area (Å²) in [4.78, 5) is 18.2. The lowest BCUT2D eigenvalue weighted by Crippen LogP contribution is -2.13. The molecule has 3 heterocycles. The van der Waals surface area contributed by atoms with E-state index in [0.29, 0.717) is 12.1 Å². The Hall–Kier alpha value is -4.26. The molecule has 0 aliphatic rings. The highest BCUT2D eigenvalue weighted by Gasteiger charge is 2.15. The van der Waals surface area contributed by atoms with Gasteiger partial charge in [-0.15, -0.1) is 0 Å². The molecule has 5 aromatic rings. The van der Waals surface area contributed by atoms with Gasteiger partial charge in [-0.1, -0.05) is 30.3 Å². The quantitative estimate of drug-likeness (QED) is 0.384. The van der Waals surface area contributed by atoms with Crippen LogP contribution in [0.3, 0.4) is 0 Å². The van der Waals surface area contributed by atoms with Crippen LogP contribution < -0.4 is 5.32 Å². The van der Waals surface area contributed by atoms with E-state index in [1.54, 1.807) is 6.20 Å². The van der Waals surface area contributed by atoms with Crippen molar-refractivity contribution in [2.75, 3.05) is 5.32 Å². The van der Waals surface area contributed by atoms with Gasteiger partial charge < -0.3 is 5.32 Å². The predicted octanol–water partition coefficient (Wildman–Crippen LogP) is 5.23. The van der Waals surface area contributed by atoms with Crippen molar-refractivity contribution in [1.82, 2.24) is 24.5 Å². The third-order valence-electron chi connectivity index (χ3n) is 5.83. The van der Waals surface area contributed by atoms with Crippen LogP contribution >= 0.6 is 0 Å². The number of pyridine rings is 1. The zero-order valence-electron chi connectivity index (χ0n) is 19.5. The molecule has 0 spiro atoms. The number of aryl methyl sites for hydroxylation is 3. The Balaban J connectivity index is 1.46. The maximum Gasteiger partial charge on any atom is 0.256 e. The zero-order chi connectivity index (χ0) is 23.7. The molecule has 7 heteroatoms. The fourth-order valence-corrected chi connectivity index (χ4v) is 4.13. The van der Waals surface area contributed by atoms with Gasteiger partial charge in [-0.2, -0.15) is 10.2 Å². The number of nitrogens with one attached hydrogen (secondary N) is 1. The molecule has 0 bridgehead atoms. The van der Waals surface area contributed by atoms with Gasteiger partial charge in [0.2, 0.25) is 0 Å². The molecule has 0 saturated heterocycles. The van der Waals surface area contributed by atoms with Crippen LogP contribution in [0.5, 0.6) is 0 Å². The van der Waals surface area contributed by atoms with E-state index in [2.05, 4.69) is 21.6 Å². The van der Waals surface area contributed by atoms with Gasteiger partial charge >= 0.3 is 0 Å². The highest BCUT2D eigenvalue weighted by atomic mass is 16.1. The van der Waals surface area contributed by atoms with Crippen LogP contribution in [0.15, 0.2) is 73.1 Å². The molecule has 0 aliphatic heterocycles.